The summed E-state index contributed by atoms with van der Waals surface area (Å²) in [6, 6.07) is 23.8. The summed E-state index contributed by atoms with van der Waals surface area (Å²) in [7, 11) is 0. The second kappa shape index (κ2) is 9.92. The van der Waals surface area contributed by atoms with Gasteiger partial charge in [-0.05, 0) is 66.6 Å². The van der Waals surface area contributed by atoms with Crippen LogP contribution in [0.2, 0.25) is 0 Å². The molecule has 1 spiro atoms. The molecule has 1 N–H and O–H groups in total. The van der Waals surface area contributed by atoms with E-state index >= 15 is 0 Å². The molecule has 1 fully saturated rings. The van der Waals surface area contributed by atoms with Gasteiger partial charge in [0.1, 0.15) is 11.5 Å². The van der Waals surface area contributed by atoms with Gasteiger partial charge in [0.25, 0.3) is 0 Å². The van der Waals surface area contributed by atoms with Crippen LogP contribution in [0.15, 0.2) is 90.3 Å². The van der Waals surface area contributed by atoms with Gasteiger partial charge in [-0.3, -0.25) is 14.4 Å². The van der Waals surface area contributed by atoms with Crippen molar-refractivity contribution in [2.45, 2.75) is 51.1 Å². The molecule has 0 bridgehead atoms. The number of carbonyl (C=O) groups is 3. The van der Waals surface area contributed by atoms with E-state index in [0.29, 0.717) is 16.1 Å². The summed E-state index contributed by atoms with van der Waals surface area (Å²) in [6.07, 6.45) is 4.04. The molecular weight excluding hydrogens is 540 g/mol. The molecular formula is C36H32N2O3S. The van der Waals surface area contributed by atoms with Gasteiger partial charge in [-0.25, -0.2) is 0 Å². The Labute approximate surface area is 249 Å². The molecule has 3 aromatic carbocycles. The third kappa shape index (κ3) is 3.71. The zero-order valence-electron chi connectivity index (χ0n) is 23.9. The molecule has 0 aliphatic carbocycles. The number of hydrogen-bond acceptors (Lipinski definition) is 5. The van der Waals surface area contributed by atoms with Crippen molar-refractivity contribution in [1.82, 2.24) is 0 Å². The minimum Gasteiger partial charge on any atom is -0.352 e. The number of nitrogens with zero attached hydrogens (tertiary/aromatic N) is 1. The highest BCUT2D eigenvalue weighted by Gasteiger charge is 2.70. The van der Waals surface area contributed by atoms with Gasteiger partial charge in [0.2, 0.25) is 5.91 Å². The van der Waals surface area contributed by atoms with Gasteiger partial charge in [-0.1, -0.05) is 79.6 Å². The number of para-hydroxylation sites is 1. The number of Topliss-reactive ketones (excluding diaryl/α,β-unsaturated/α-hetero) is 2. The molecule has 5 nitrogen and oxygen atoms in total. The number of allylic oxidation sites excluding steroid dienone is 1. The Balaban J connectivity index is 1.52. The maximum atomic E-state index is 14.9. The number of anilines is 2. The minimum atomic E-state index is -1.29. The average Bonchev–Trinajstić information content (AvgIpc) is 3.70. The number of amides is 1. The average molecular weight is 573 g/mol. The number of hydrogen-bond donors (Lipinski definition) is 1. The quantitative estimate of drug-likeness (QED) is 0.247. The molecule has 6 heteroatoms. The molecule has 7 rings (SSSR count). The predicted molar refractivity (Wildman–Crippen MR) is 169 cm³/mol. The van der Waals surface area contributed by atoms with E-state index in [2.05, 4.69) is 43.1 Å². The van der Waals surface area contributed by atoms with Gasteiger partial charge in [0, 0.05) is 22.5 Å². The highest BCUT2D eigenvalue weighted by Crippen LogP contribution is 2.59. The summed E-state index contributed by atoms with van der Waals surface area (Å²) in [4.78, 5) is 46.7. The van der Waals surface area contributed by atoms with Crippen molar-refractivity contribution in [3.63, 3.8) is 0 Å². The van der Waals surface area contributed by atoms with Gasteiger partial charge in [-0.2, -0.15) is 0 Å². The molecule has 0 unspecified atom stereocenters. The Morgan fingerprint density at radius 2 is 1.74 bits per heavy atom. The van der Waals surface area contributed by atoms with Crippen LogP contribution >= 0.6 is 11.3 Å². The number of carbonyl (C=O) groups excluding carboxylic acids is 3. The third-order valence-corrected chi connectivity index (χ3v) is 10.1. The van der Waals surface area contributed by atoms with E-state index in [-0.39, 0.29) is 17.5 Å². The zero-order valence-corrected chi connectivity index (χ0v) is 24.7. The summed E-state index contributed by atoms with van der Waals surface area (Å²) >= 11 is 1.37. The summed E-state index contributed by atoms with van der Waals surface area (Å²) in [5.74, 6) is -1.51. The van der Waals surface area contributed by atoms with Gasteiger partial charge >= 0.3 is 0 Å². The van der Waals surface area contributed by atoms with Crippen molar-refractivity contribution in [2.75, 3.05) is 10.2 Å². The summed E-state index contributed by atoms with van der Waals surface area (Å²) in [5.41, 5.74) is 5.90. The van der Waals surface area contributed by atoms with Gasteiger partial charge < -0.3 is 10.2 Å². The number of fused-ring (bicyclic) bond motifs is 6. The van der Waals surface area contributed by atoms with E-state index in [1.54, 1.807) is 0 Å². The molecule has 4 atom stereocenters. The number of benzene rings is 3. The molecule has 210 valence electrons. The first-order chi connectivity index (χ1) is 20.4. The van der Waals surface area contributed by atoms with Crippen molar-refractivity contribution < 1.29 is 14.4 Å². The number of rotatable bonds is 6. The van der Waals surface area contributed by atoms with E-state index in [4.69, 9.17) is 0 Å². The zero-order chi connectivity index (χ0) is 29.2. The highest BCUT2D eigenvalue weighted by molar-refractivity contribution is 7.12. The van der Waals surface area contributed by atoms with Crippen molar-refractivity contribution >= 4 is 45.8 Å². The van der Waals surface area contributed by atoms with E-state index in [1.807, 2.05) is 78.2 Å². The number of aryl methyl sites for hydroxylation is 2. The first-order valence-electron chi connectivity index (χ1n) is 14.6. The number of nitrogens with one attached hydrogen (secondary N) is 1. The van der Waals surface area contributed by atoms with Crippen LogP contribution in [-0.4, -0.2) is 29.6 Å². The molecule has 0 saturated carbocycles. The van der Waals surface area contributed by atoms with E-state index in [9.17, 15) is 14.4 Å². The predicted octanol–water partition coefficient (Wildman–Crippen LogP) is 7.26. The molecule has 42 heavy (non-hydrogen) atoms. The number of ketones is 2. The Bertz CT molecular complexity index is 1770. The second-order valence-electron chi connectivity index (χ2n) is 11.7. The normalized spacial score (nSPS) is 23.7. The van der Waals surface area contributed by atoms with Crippen LogP contribution < -0.4 is 10.2 Å². The van der Waals surface area contributed by atoms with Crippen LogP contribution in [0.3, 0.4) is 0 Å². The lowest BCUT2D eigenvalue weighted by atomic mass is 9.64. The maximum absolute atomic E-state index is 14.9. The Morgan fingerprint density at radius 1 is 0.952 bits per heavy atom. The lowest BCUT2D eigenvalue weighted by molar-refractivity contribution is -0.121. The van der Waals surface area contributed by atoms with Crippen LogP contribution in [-0.2, 0) is 16.6 Å². The van der Waals surface area contributed by atoms with Crippen LogP contribution in [0.4, 0.5) is 11.4 Å². The largest absolute Gasteiger partial charge is 0.352 e. The molecule has 4 heterocycles. The fourth-order valence-electron chi connectivity index (χ4n) is 7.41. The standard InChI is InChI=1S/C36H32N2O3S/c1-4-8-23-13-15-24(16-14-23)33(39)31-32(34(40)29-11-7-18-42-29)38-28-17-12-21(2)19-25(28)22(3)20-30(38)36(31)26-9-5-6-10-27(26)37-35(36)41/h5-7,9-20,30-32H,4,8H2,1-3H3,(H,37,41)/t30-,31-,32+,36-/m0/s1. The third-order valence-electron chi connectivity index (χ3n) is 9.22. The fourth-order valence-corrected chi connectivity index (χ4v) is 8.11. The van der Waals surface area contributed by atoms with Crippen LogP contribution in [0, 0.1) is 12.8 Å². The summed E-state index contributed by atoms with van der Waals surface area (Å²) in [5, 5.41) is 4.99. The van der Waals surface area contributed by atoms with E-state index in [0.717, 1.165) is 46.4 Å². The smallest absolute Gasteiger partial charge is 0.238 e. The molecule has 1 aromatic heterocycles. The van der Waals surface area contributed by atoms with Gasteiger partial charge in [-0.15, -0.1) is 11.3 Å². The molecule has 1 saturated heterocycles. The SMILES string of the molecule is CCCc1ccc(C(=O)[C@@H]2[C@H](C(=O)c3cccs3)N3c4ccc(C)cc4C(C)=C[C@H]3[C@]23C(=O)Nc2ccccc23)cc1. The first kappa shape index (κ1) is 26.6. The van der Waals surface area contributed by atoms with Crippen molar-refractivity contribution in [3.05, 3.63) is 123 Å². The van der Waals surface area contributed by atoms with Crippen LogP contribution in [0.5, 0.6) is 0 Å². The van der Waals surface area contributed by atoms with Gasteiger partial charge in [0.05, 0.1) is 16.8 Å². The van der Waals surface area contributed by atoms with Crippen molar-refractivity contribution in [2.24, 2.45) is 5.92 Å². The van der Waals surface area contributed by atoms with Crippen molar-refractivity contribution in [3.8, 4) is 0 Å². The van der Waals surface area contributed by atoms with Crippen LogP contribution in [0.25, 0.3) is 5.57 Å². The fraction of sp³-hybridized carbons (Fsp3) is 0.250. The lowest BCUT2D eigenvalue weighted by Gasteiger charge is -2.39. The van der Waals surface area contributed by atoms with E-state index < -0.39 is 23.4 Å². The second-order valence-corrected chi connectivity index (χ2v) is 12.6. The first-order valence-corrected chi connectivity index (χ1v) is 15.4. The lowest BCUT2D eigenvalue weighted by Crippen LogP contribution is -2.51. The number of thiophene rings is 1. The molecule has 0 radical (unpaired) electrons. The van der Waals surface area contributed by atoms with Crippen molar-refractivity contribution in [1.29, 1.82) is 0 Å². The molecule has 4 aromatic rings. The summed E-state index contributed by atoms with van der Waals surface area (Å²) < 4.78 is 0. The molecule has 1 amide bonds. The molecule has 3 aliphatic heterocycles. The maximum Gasteiger partial charge on any atom is 0.238 e. The van der Waals surface area contributed by atoms with Crippen LogP contribution in [0.1, 0.15) is 62.6 Å². The molecule has 3 aliphatic rings. The van der Waals surface area contributed by atoms with Gasteiger partial charge in [0.15, 0.2) is 11.6 Å². The topological polar surface area (TPSA) is 66.5 Å². The minimum absolute atomic E-state index is 0.135. The summed E-state index contributed by atoms with van der Waals surface area (Å²) in [6.45, 7) is 6.23. The highest BCUT2D eigenvalue weighted by atomic mass is 32.1. The Hall–Kier alpha value is -4.29. The Morgan fingerprint density at radius 3 is 2.48 bits per heavy atom. The Kier molecular flexibility index (Phi) is 6.28. The monoisotopic (exact) mass is 572 g/mol. The van der Waals surface area contributed by atoms with E-state index in [1.165, 1.54) is 11.3 Å².